The number of carbonyl (C=O) groups is 2. The third-order valence-electron chi connectivity index (χ3n) is 4.77. The molecule has 0 aromatic heterocycles. The molecule has 0 amide bonds. The van der Waals surface area contributed by atoms with Gasteiger partial charge < -0.3 is 20.5 Å². The number of nitrogen functional groups attached to an aromatic ring is 1. The fourth-order valence-corrected chi connectivity index (χ4v) is 3.25. The Morgan fingerprint density at radius 3 is 1.82 bits per heavy atom. The Balaban J connectivity index is 2.78. The first-order valence-corrected chi connectivity index (χ1v) is 9.33. The van der Waals surface area contributed by atoms with Crippen molar-refractivity contribution in [1.29, 1.82) is 5.41 Å². The molecule has 0 heterocycles. The van der Waals surface area contributed by atoms with Crippen molar-refractivity contribution < 1.29 is 45.4 Å². The number of ether oxygens (including phenoxy) is 2. The van der Waals surface area contributed by atoms with E-state index >= 15 is 0 Å². The van der Waals surface area contributed by atoms with Gasteiger partial charge in [-0.25, -0.2) is 9.59 Å². The standard InChI is InChI=1S/C21H19F6N3O4/c1-10-8-13(9-11(2)15(10)33-3)19(21(25,26)27,17(31)34-18(32)20(22,23)24)30-14-6-4-12(5-7-14)16(28)29/h4-9,30H,1-3H3,(H3,28,29). The summed E-state index contributed by atoms with van der Waals surface area (Å²) in [5.41, 5.74) is 0.561. The minimum Gasteiger partial charge on any atom is -0.496 e. The van der Waals surface area contributed by atoms with Crippen LogP contribution in [0.2, 0.25) is 0 Å². The number of aryl methyl sites for hydroxylation is 2. The van der Waals surface area contributed by atoms with Gasteiger partial charge in [-0.15, -0.1) is 0 Å². The van der Waals surface area contributed by atoms with Crippen LogP contribution in [0.1, 0.15) is 22.3 Å². The number of esters is 2. The summed E-state index contributed by atoms with van der Waals surface area (Å²) in [6.07, 6.45) is -11.3. The van der Waals surface area contributed by atoms with E-state index in [4.69, 9.17) is 15.9 Å². The van der Waals surface area contributed by atoms with Crippen LogP contribution in [0.5, 0.6) is 5.75 Å². The van der Waals surface area contributed by atoms with Crippen molar-refractivity contribution in [1.82, 2.24) is 0 Å². The lowest BCUT2D eigenvalue weighted by atomic mass is 9.86. The molecule has 0 saturated carbocycles. The highest BCUT2D eigenvalue weighted by Crippen LogP contribution is 2.45. The van der Waals surface area contributed by atoms with Gasteiger partial charge in [-0.05, 0) is 66.9 Å². The predicted molar refractivity (Wildman–Crippen MR) is 108 cm³/mol. The summed E-state index contributed by atoms with van der Waals surface area (Å²) in [5, 5.41) is 9.25. The van der Waals surface area contributed by atoms with Crippen molar-refractivity contribution >= 4 is 23.5 Å². The van der Waals surface area contributed by atoms with Crippen LogP contribution in [-0.2, 0) is 19.9 Å². The summed E-state index contributed by atoms with van der Waals surface area (Å²) in [7, 11) is 1.26. The molecule has 2 rings (SSSR count). The molecule has 184 valence electrons. The normalized spacial score (nSPS) is 13.6. The van der Waals surface area contributed by atoms with Crippen molar-refractivity contribution in [2.75, 3.05) is 12.4 Å². The molecule has 2 aromatic rings. The summed E-state index contributed by atoms with van der Waals surface area (Å²) < 4.78 is 90.5. The fourth-order valence-electron chi connectivity index (χ4n) is 3.25. The first-order valence-electron chi connectivity index (χ1n) is 9.33. The summed E-state index contributed by atoms with van der Waals surface area (Å²) in [6, 6.07) is 6.13. The number of nitrogens with one attached hydrogen (secondary N) is 2. The summed E-state index contributed by atoms with van der Waals surface area (Å²) in [5.74, 6) is -5.86. The number of anilines is 1. The predicted octanol–water partition coefficient (Wildman–Crippen LogP) is 4.10. The lowest BCUT2D eigenvalue weighted by Crippen LogP contribution is -2.57. The number of nitrogens with two attached hydrogens (primary N) is 1. The average molecular weight is 491 g/mol. The Kier molecular flexibility index (Phi) is 7.19. The van der Waals surface area contributed by atoms with E-state index in [0.29, 0.717) is 0 Å². The van der Waals surface area contributed by atoms with Crippen molar-refractivity contribution in [2.45, 2.75) is 31.7 Å². The molecule has 2 aromatic carbocycles. The summed E-state index contributed by atoms with van der Waals surface area (Å²) >= 11 is 0. The van der Waals surface area contributed by atoms with Crippen LogP contribution in [0.3, 0.4) is 0 Å². The van der Waals surface area contributed by atoms with Gasteiger partial charge in [0.25, 0.3) is 5.54 Å². The highest BCUT2D eigenvalue weighted by atomic mass is 19.4. The van der Waals surface area contributed by atoms with E-state index in [9.17, 15) is 35.9 Å². The number of methoxy groups -OCH3 is 1. The van der Waals surface area contributed by atoms with E-state index in [1.807, 2.05) is 5.32 Å². The van der Waals surface area contributed by atoms with E-state index < -0.39 is 41.2 Å². The van der Waals surface area contributed by atoms with Crippen LogP contribution in [0.25, 0.3) is 0 Å². The second kappa shape index (κ2) is 9.23. The smallest absolute Gasteiger partial charge is 0.491 e. The number of rotatable bonds is 6. The molecule has 7 nitrogen and oxygen atoms in total. The Bertz CT molecular complexity index is 1090. The largest absolute Gasteiger partial charge is 0.496 e. The van der Waals surface area contributed by atoms with Gasteiger partial charge in [-0.1, -0.05) is 0 Å². The van der Waals surface area contributed by atoms with Crippen LogP contribution < -0.4 is 15.8 Å². The van der Waals surface area contributed by atoms with Crippen LogP contribution in [0.15, 0.2) is 36.4 Å². The maximum atomic E-state index is 14.6. The van der Waals surface area contributed by atoms with Gasteiger partial charge in [0.15, 0.2) is 0 Å². The maximum absolute atomic E-state index is 14.6. The Labute approximate surface area is 189 Å². The third-order valence-corrected chi connectivity index (χ3v) is 4.77. The molecule has 0 aliphatic carbocycles. The van der Waals surface area contributed by atoms with Gasteiger partial charge >= 0.3 is 24.3 Å². The SMILES string of the molecule is COc1c(C)cc(C(Nc2ccc(C(=N)N)cc2)(C(=O)OC(=O)C(F)(F)F)C(F)(F)F)cc1C. The van der Waals surface area contributed by atoms with E-state index in [1.165, 1.54) is 21.0 Å². The lowest BCUT2D eigenvalue weighted by molar-refractivity contribution is -0.219. The van der Waals surface area contributed by atoms with E-state index in [0.717, 1.165) is 36.4 Å². The summed E-state index contributed by atoms with van der Waals surface area (Å²) in [6.45, 7) is 2.73. The number of amidine groups is 1. The quantitative estimate of drug-likeness (QED) is 0.184. The molecule has 0 fully saturated rings. The molecule has 1 atom stereocenters. The van der Waals surface area contributed by atoms with Crippen LogP contribution in [-0.4, -0.2) is 37.2 Å². The number of hydrogen-bond donors (Lipinski definition) is 3. The monoisotopic (exact) mass is 491 g/mol. The van der Waals surface area contributed by atoms with Gasteiger partial charge in [0.1, 0.15) is 11.6 Å². The molecule has 0 radical (unpaired) electrons. The van der Waals surface area contributed by atoms with Gasteiger partial charge in [-0.2, -0.15) is 26.3 Å². The summed E-state index contributed by atoms with van der Waals surface area (Å²) in [4.78, 5) is 24.0. The Hall–Kier alpha value is -3.77. The minimum absolute atomic E-state index is 0.133. The van der Waals surface area contributed by atoms with Crippen LogP contribution in [0.4, 0.5) is 32.0 Å². The molecule has 13 heteroatoms. The number of alkyl halides is 6. The van der Waals surface area contributed by atoms with Crippen molar-refractivity contribution in [3.63, 3.8) is 0 Å². The highest BCUT2D eigenvalue weighted by Gasteiger charge is 2.65. The first-order chi connectivity index (χ1) is 15.5. The topological polar surface area (TPSA) is 114 Å². The maximum Gasteiger partial charge on any atom is 0.491 e. The van der Waals surface area contributed by atoms with E-state index in [1.54, 1.807) is 0 Å². The molecule has 34 heavy (non-hydrogen) atoms. The lowest BCUT2D eigenvalue weighted by Gasteiger charge is -2.35. The number of benzene rings is 2. The first kappa shape index (κ1) is 26.5. The number of halogens is 6. The molecule has 4 N–H and O–H groups in total. The molecule has 0 spiro atoms. The molecule has 1 unspecified atom stereocenters. The minimum atomic E-state index is -5.72. The van der Waals surface area contributed by atoms with Crippen molar-refractivity contribution in [2.24, 2.45) is 5.73 Å². The van der Waals surface area contributed by atoms with Gasteiger partial charge in [-0.3, -0.25) is 5.41 Å². The molecular weight excluding hydrogens is 472 g/mol. The van der Waals surface area contributed by atoms with E-state index in [-0.39, 0.29) is 28.1 Å². The zero-order valence-electron chi connectivity index (χ0n) is 17.9. The second-order valence-corrected chi connectivity index (χ2v) is 7.18. The number of hydrogen-bond acceptors (Lipinski definition) is 6. The number of carbonyl (C=O) groups excluding carboxylic acids is 2. The van der Waals surface area contributed by atoms with Crippen LogP contribution >= 0.6 is 0 Å². The average Bonchev–Trinajstić information content (AvgIpc) is 2.70. The molecular formula is C21H19F6N3O4. The van der Waals surface area contributed by atoms with Gasteiger partial charge in [0.2, 0.25) is 0 Å². The van der Waals surface area contributed by atoms with Crippen molar-refractivity contribution in [3.05, 3.63) is 58.7 Å². The Morgan fingerprint density at radius 2 is 1.44 bits per heavy atom. The molecule has 0 aliphatic heterocycles. The third kappa shape index (κ3) is 5.07. The molecule has 0 aliphatic rings. The zero-order valence-corrected chi connectivity index (χ0v) is 17.9. The van der Waals surface area contributed by atoms with Crippen molar-refractivity contribution in [3.8, 4) is 5.75 Å². The fraction of sp³-hybridized carbons (Fsp3) is 0.286. The zero-order chi connectivity index (χ0) is 26.1. The van der Waals surface area contributed by atoms with Crippen LogP contribution in [0, 0.1) is 19.3 Å². The Morgan fingerprint density at radius 1 is 0.941 bits per heavy atom. The molecule has 0 bridgehead atoms. The van der Waals surface area contributed by atoms with E-state index in [2.05, 4.69) is 4.74 Å². The van der Waals surface area contributed by atoms with Gasteiger partial charge in [0.05, 0.1) is 7.11 Å². The van der Waals surface area contributed by atoms with Gasteiger partial charge in [0, 0.05) is 11.3 Å². The second-order valence-electron chi connectivity index (χ2n) is 7.18. The molecule has 0 saturated heterocycles. The highest BCUT2D eigenvalue weighted by molar-refractivity contribution is 5.97.